The molecule has 0 spiro atoms. The Labute approximate surface area is 178 Å². The van der Waals surface area contributed by atoms with Crippen LogP contribution in [0.25, 0.3) is 0 Å². The van der Waals surface area contributed by atoms with Crippen LogP contribution in [0, 0.1) is 5.82 Å². The molecule has 1 unspecified atom stereocenters. The third kappa shape index (κ3) is 5.24. The summed E-state index contributed by atoms with van der Waals surface area (Å²) in [6.45, 7) is 9.51. The monoisotopic (exact) mass is 419 g/mol. The molecule has 3 aliphatic heterocycles. The molecule has 7 heteroatoms. The Morgan fingerprint density at radius 3 is 2.70 bits per heavy atom. The molecule has 166 valence electrons. The van der Waals surface area contributed by atoms with Crippen LogP contribution in [0.1, 0.15) is 57.6 Å². The highest BCUT2D eigenvalue weighted by Crippen LogP contribution is 2.39. The van der Waals surface area contributed by atoms with Gasteiger partial charge in [0.25, 0.3) is 0 Å². The maximum atomic E-state index is 13.6. The molecule has 3 heterocycles. The molecule has 1 N–H and O–H groups in total. The molecule has 6 nitrogen and oxygen atoms in total. The highest BCUT2D eigenvalue weighted by molar-refractivity contribution is 5.75. The lowest BCUT2D eigenvalue weighted by molar-refractivity contribution is 0.00631. The molecule has 1 atom stereocenters. The molecule has 0 aliphatic carbocycles. The number of rotatable bonds is 5. The predicted molar refractivity (Wildman–Crippen MR) is 113 cm³/mol. The smallest absolute Gasteiger partial charge is 0.317 e. The van der Waals surface area contributed by atoms with E-state index in [1.807, 2.05) is 18.7 Å². The Kier molecular flexibility index (Phi) is 6.48. The van der Waals surface area contributed by atoms with Gasteiger partial charge in [0.2, 0.25) is 0 Å². The Morgan fingerprint density at radius 1 is 1.23 bits per heavy atom. The van der Waals surface area contributed by atoms with Gasteiger partial charge in [-0.25, -0.2) is 9.18 Å². The second-order valence-corrected chi connectivity index (χ2v) is 9.36. The summed E-state index contributed by atoms with van der Waals surface area (Å²) in [4.78, 5) is 17.2. The minimum atomic E-state index is -0.463. The van der Waals surface area contributed by atoms with E-state index < -0.39 is 5.60 Å². The fourth-order valence-electron chi connectivity index (χ4n) is 4.77. The van der Waals surface area contributed by atoms with Crippen molar-refractivity contribution in [2.75, 3.05) is 39.3 Å². The molecule has 1 aromatic carbocycles. The zero-order valence-corrected chi connectivity index (χ0v) is 18.2. The number of likely N-dealkylation sites (tertiary alicyclic amines) is 2. The Balaban J connectivity index is 1.26. The first-order valence-electron chi connectivity index (χ1n) is 11.3. The lowest BCUT2D eigenvalue weighted by Gasteiger charge is -2.39. The lowest BCUT2D eigenvalue weighted by Crippen LogP contribution is -2.49. The SMILES string of the molecule is CC1(C)CC(NC(=O)N2CCC(OCCN3CCCC3)CC2)c2ccc(F)cc2O1. The fraction of sp³-hybridized carbons (Fsp3) is 0.696. The average Bonchev–Trinajstić information content (AvgIpc) is 3.20. The maximum absolute atomic E-state index is 13.6. The number of fused-ring (bicyclic) bond motifs is 1. The standard InChI is InChI=1S/C23H34FN3O3/c1-23(2)16-20(19-6-5-17(24)15-21(19)30-23)25-22(28)27-11-7-18(8-12-27)29-14-13-26-9-3-4-10-26/h5-6,15,18,20H,3-4,7-14,16H2,1-2H3,(H,25,28). The molecule has 0 bridgehead atoms. The number of ether oxygens (including phenoxy) is 2. The Morgan fingerprint density at radius 2 is 1.97 bits per heavy atom. The summed E-state index contributed by atoms with van der Waals surface area (Å²) in [5.41, 5.74) is 0.374. The number of benzene rings is 1. The molecule has 0 saturated carbocycles. The van der Waals surface area contributed by atoms with Crippen molar-refractivity contribution in [3.63, 3.8) is 0 Å². The van der Waals surface area contributed by atoms with E-state index >= 15 is 0 Å². The summed E-state index contributed by atoms with van der Waals surface area (Å²) >= 11 is 0. The van der Waals surface area contributed by atoms with Gasteiger partial charge in [0, 0.05) is 37.7 Å². The number of hydrogen-bond acceptors (Lipinski definition) is 4. The minimum Gasteiger partial charge on any atom is -0.487 e. The minimum absolute atomic E-state index is 0.0662. The second kappa shape index (κ2) is 9.10. The first-order valence-corrected chi connectivity index (χ1v) is 11.3. The maximum Gasteiger partial charge on any atom is 0.317 e. The van der Waals surface area contributed by atoms with Crippen LogP contribution in [0.15, 0.2) is 18.2 Å². The van der Waals surface area contributed by atoms with Crippen LogP contribution in [0.5, 0.6) is 5.75 Å². The highest BCUT2D eigenvalue weighted by atomic mass is 19.1. The molecule has 3 aliphatic rings. The number of carbonyl (C=O) groups excluding carboxylic acids is 1. The van der Waals surface area contributed by atoms with E-state index in [4.69, 9.17) is 9.47 Å². The number of amides is 2. The van der Waals surface area contributed by atoms with Gasteiger partial charge in [0.15, 0.2) is 0 Å². The third-order valence-electron chi connectivity index (χ3n) is 6.42. The first kappa shape index (κ1) is 21.4. The molecule has 4 rings (SSSR count). The largest absolute Gasteiger partial charge is 0.487 e. The summed E-state index contributed by atoms with van der Waals surface area (Å²) in [6, 6.07) is 4.28. The molecule has 2 amide bonds. The van der Waals surface area contributed by atoms with Gasteiger partial charge in [-0.2, -0.15) is 0 Å². The van der Waals surface area contributed by atoms with Gasteiger partial charge in [-0.1, -0.05) is 6.07 Å². The molecule has 30 heavy (non-hydrogen) atoms. The van der Waals surface area contributed by atoms with E-state index in [0.29, 0.717) is 25.3 Å². The van der Waals surface area contributed by atoms with Crippen LogP contribution in [-0.4, -0.2) is 66.9 Å². The van der Waals surface area contributed by atoms with Gasteiger partial charge in [-0.3, -0.25) is 0 Å². The van der Waals surface area contributed by atoms with Gasteiger partial charge in [-0.05, 0) is 58.7 Å². The van der Waals surface area contributed by atoms with Crippen molar-refractivity contribution in [1.29, 1.82) is 0 Å². The van der Waals surface area contributed by atoms with Gasteiger partial charge in [0.05, 0.1) is 18.8 Å². The highest BCUT2D eigenvalue weighted by Gasteiger charge is 2.36. The summed E-state index contributed by atoms with van der Waals surface area (Å²) in [6.07, 6.45) is 5.23. The quantitative estimate of drug-likeness (QED) is 0.791. The van der Waals surface area contributed by atoms with Crippen molar-refractivity contribution in [2.24, 2.45) is 0 Å². The number of hydrogen-bond donors (Lipinski definition) is 1. The normalized spacial score (nSPS) is 24.4. The number of carbonyl (C=O) groups is 1. The van der Waals surface area contributed by atoms with Gasteiger partial charge >= 0.3 is 6.03 Å². The third-order valence-corrected chi connectivity index (χ3v) is 6.42. The van der Waals surface area contributed by atoms with E-state index in [1.54, 1.807) is 6.07 Å². The summed E-state index contributed by atoms with van der Waals surface area (Å²) in [7, 11) is 0. The summed E-state index contributed by atoms with van der Waals surface area (Å²) in [5, 5.41) is 3.15. The van der Waals surface area contributed by atoms with Crippen LogP contribution >= 0.6 is 0 Å². The van der Waals surface area contributed by atoms with E-state index in [9.17, 15) is 9.18 Å². The second-order valence-electron chi connectivity index (χ2n) is 9.36. The van der Waals surface area contributed by atoms with Crippen LogP contribution in [0.2, 0.25) is 0 Å². The summed E-state index contributed by atoms with van der Waals surface area (Å²) < 4.78 is 25.6. The zero-order chi connectivity index (χ0) is 21.1. The topological polar surface area (TPSA) is 54.0 Å². The van der Waals surface area contributed by atoms with Gasteiger partial charge in [-0.15, -0.1) is 0 Å². The van der Waals surface area contributed by atoms with Crippen LogP contribution in [0.3, 0.4) is 0 Å². The summed E-state index contributed by atoms with van der Waals surface area (Å²) in [5.74, 6) is 0.185. The fourth-order valence-corrected chi connectivity index (χ4v) is 4.77. The van der Waals surface area contributed by atoms with Crippen molar-refractivity contribution < 1.29 is 18.7 Å². The van der Waals surface area contributed by atoms with E-state index in [0.717, 1.165) is 31.6 Å². The predicted octanol–water partition coefficient (Wildman–Crippen LogP) is 3.71. The van der Waals surface area contributed by atoms with Crippen molar-refractivity contribution >= 4 is 6.03 Å². The molecular formula is C23H34FN3O3. The molecule has 1 aromatic rings. The van der Waals surface area contributed by atoms with Crippen molar-refractivity contribution in [3.8, 4) is 5.75 Å². The Hall–Kier alpha value is -1.86. The van der Waals surface area contributed by atoms with Crippen molar-refractivity contribution in [3.05, 3.63) is 29.6 Å². The number of nitrogens with zero attached hydrogens (tertiary/aromatic N) is 2. The molecule has 2 saturated heterocycles. The van der Waals surface area contributed by atoms with Crippen LogP contribution in [-0.2, 0) is 4.74 Å². The number of urea groups is 1. The van der Waals surface area contributed by atoms with Crippen LogP contribution in [0.4, 0.5) is 9.18 Å². The number of halogens is 1. The van der Waals surface area contributed by atoms with Crippen molar-refractivity contribution in [1.82, 2.24) is 15.1 Å². The van der Waals surface area contributed by atoms with E-state index in [1.165, 1.54) is 38.1 Å². The molecule has 2 fully saturated rings. The van der Waals surface area contributed by atoms with Crippen LogP contribution < -0.4 is 10.1 Å². The molecule has 0 aromatic heterocycles. The average molecular weight is 420 g/mol. The number of piperidine rings is 1. The van der Waals surface area contributed by atoms with Gasteiger partial charge in [0.1, 0.15) is 17.2 Å². The van der Waals surface area contributed by atoms with Gasteiger partial charge < -0.3 is 24.6 Å². The lowest BCUT2D eigenvalue weighted by atomic mass is 9.89. The number of nitrogens with one attached hydrogen (secondary N) is 1. The molecular weight excluding hydrogens is 385 g/mol. The zero-order valence-electron chi connectivity index (χ0n) is 18.2. The first-order chi connectivity index (χ1) is 14.4. The Bertz CT molecular complexity index is 743. The van der Waals surface area contributed by atoms with E-state index in [2.05, 4.69) is 10.2 Å². The molecule has 0 radical (unpaired) electrons. The van der Waals surface area contributed by atoms with E-state index in [-0.39, 0.29) is 24.0 Å². The van der Waals surface area contributed by atoms with Crippen molar-refractivity contribution in [2.45, 2.75) is 63.7 Å².